The molecule has 1 aliphatic carbocycles. The van der Waals surface area contributed by atoms with Gasteiger partial charge in [-0.25, -0.2) is 13.1 Å². The summed E-state index contributed by atoms with van der Waals surface area (Å²) in [4.78, 5) is 12.5. The Hall–Kier alpha value is -2.12. The van der Waals surface area contributed by atoms with Gasteiger partial charge >= 0.3 is 0 Å². The number of carbonyl (C=O) groups is 1. The Kier molecular flexibility index (Phi) is 5.55. The maximum Gasteiger partial charge on any atom is 0.251 e. The van der Waals surface area contributed by atoms with E-state index in [1.807, 2.05) is 0 Å². The van der Waals surface area contributed by atoms with E-state index in [4.69, 9.17) is 4.42 Å². The summed E-state index contributed by atoms with van der Waals surface area (Å²) in [5.41, 5.74) is 0.353. The molecule has 2 N–H and O–H groups in total. The van der Waals surface area contributed by atoms with Crippen LogP contribution in [0, 0.1) is 0 Å². The summed E-state index contributed by atoms with van der Waals surface area (Å²) >= 11 is 0. The van der Waals surface area contributed by atoms with Crippen LogP contribution in [-0.2, 0) is 16.6 Å². The van der Waals surface area contributed by atoms with E-state index in [-0.39, 0.29) is 23.4 Å². The summed E-state index contributed by atoms with van der Waals surface area (Å²) in [7, 11) is -3.72. The van der Waals surface area contributed by atoms with Crippen LogP contribution in [0.25, 0.3) is 0 Å². The number of hydrogen-bond acceptors (Lipinski definition) is 4. The first-order valence-electron chi connectivity index (χ1n) is 8.47. The second-order valence-corrected chi connectivity index (χ2v) is 8.01. The maximum atomic E-state index is 12.4. The van der Waals surface area contributed by atoms with Crippen molar-refractivity contribution in [3.8, 4) is 0 Å². The van der Waals surface area contributed by atoms with Gasteiger partial charge in [0.25, 0.3) is 5.91 Å². The Morgan fingerprint density at radius 2 is 1.92 bits per heavy atom. The van der Waals surface area contributed by atoms with E-state index in [1.165, 1.54) is 24.8 Å². The fourth-order valence-corrected chi connectivity index (χ4v) is 4.02. The van der Waals surface area contributed by atoms with Crippen LogP contribution in [0.4, 0.5) is 0 Å². The lowest BCUT2D eigenvalue weighted by atomic mass is 9.95. The Balaban J connectivity index is 1.68. The number of benzene rings is 1. The SMILES string of the molecule is O=C(NC1CCCCC1)c1cccc(S(=O)(=O)NCc2ccco2)c1. The molecule has 0 radical (unpaired) electrons. The first-order chi connectivity index (χ1) is 12.0. The lowest BCUT2D eigenvalue weighted by molar-refractivity contribution is 0.0927. The van der Waals surface area contributed by atoms with Gasteiger partial charge in [-0.2, -0.15) is 0 Å². The Bertz CT molecular complexity index is 809. The van der Waals surface area contributed by atoms with Crippen molar-refractivity contribution in [1.29, 1.82) is 0 Å². The van der Waals surface area contributed by atoms with Crippen molar-refractivity contribution in [3.05, 3.63) is 54.0 Å². The number of carbonyl (C=O) groups excluding carboxylic acids is 1. The number of furan rings is 1. The molecule has 0 saturated heterocycles. The van der Waals surface area contributed by atoms with Crippen LogP contribution < -0.4 is 10.0 Å². The lowest BCUT2D eigenvalue weighted by Crippen LogP contribution is -2.36. The van der Waals surface area contributed by atoms with Crippen LogP contribution in [0.3, 0.4) is 0 Å². The molecule has 134 valence electrons. The smallest absolute Gasteiger partial charge is 0.251 e. The van der Waals surface area contributed by atoms with Gasteiger partial charge in [-0.15, -0.1) is 0 Å². The fraction of sp³-hybridized carbons (Fsp3) is 0.389. The number of amides is 1. The molecule has 0 aliphatic heterocycles. The van der Waals surface area contributed by atoms with E-state index in [0.717, 1.165) is 25.7 Å². The van der Waals surface area contributed by atoms with Gasteiger partial charge in [-0.3, -0.25) is 4.79 Å². The van der Waals surface area contributed by atoms with Crippen molar-refractivity contribution >= 4 is 15.9 Å². The third kappa shape index (κ3) is 4.70. The highest BCUT2D eigenvalue weighted by Gasteiger charge is 2.19. The highest BCUT2D eigenvalue weighted by Crippen LogP contribution is 2.18. The van der Waals surface area contributed by atoms with E-state index < -0.39 is 10.0 Å². The fourth-order valence-electron chi connectivity index (χ4n) is 2.98. The van der Waals surface area contributed by atoms with Crippen molar-refractivity contribution in [3.63, 3.8) is 0 Å². The molecule has 3 rings (SSSR count). The van der Waals surface area contributed by atoms with Crippen LogP contribution in [0.5, 0.6) is 0 Å². The highest BCUT2D eigenvalue weighted by molar-refractivity contribution is 7.89. The van der Waals surface area contributed by atoms with Crippen LogP contribution in [0.1, 0.15) is 48.2 Å². The molecule has 0 spiro atoms. The van der Waals surface area contributed by atoms with Crippen LogP contribution in [0.2, 0.25) is 0 Å². The largest absolute Gasteiger partial charge is 0.468 e. The number of sulfonamides is 1. The molecule has 1 aromatic heterocycles. The molecule has 25 heavy (non-hydrogen) atoms. The average molecular weight is 362 g/mol. The van der Waals surface area contributed by atoms with Gasteiger partial charge < -0.3 is 9.73 Å². The second-order valence-electron chi connectivity index (χ2n) is 6.24. The van der Waals surface area contributed by atoms with E-state index >= 15 is 0 Å². The van der Waals surface area contributed by atoms with Gasteiger partial charge in [0.1, 0.15) is 5.76 Å². The number of nitrogens with one attached hydrogen (secondary N) is 2. The van der Waals surface area contributed by atoms with Crippen LogP contribution >= 0.6 is 0 Å². The standard InChI is InChI=1S/C18H22N2O4S/c21-18(20-15-7-2-1-3-8-15)14-6-4-10-17(12-14)25(22,23)19-13-16-9-5-11-24-16/h4-6,9-12,15,19H,1-3,7-8,13H2,(H,20,21). The molecule has 6 nitrogen and oxygen atoms in total. The van der Waals surface area contributed by atoms with Gasteiger partial charge in [0, 0.05) is 11.6 Å². The zero-order valence-corrected chi connectivity index (χ0v) is 14.7. The molecule has 1 amide bonds. The van der Waals surface area contributed by atoms with Gasteiger partial charge in [-0.1, -0.05) is 25.3 Å². The van der Waals surface area contributed by atoms with Crippen molar-refractivity contribution in [2.45, 2.75) is 49.6 Å². The molecule has 0 atom stereocenters. The van der Waals surface area contributed by atoms with E-state index in [0.29, 0.717) is 11.3 Å². The molecular formula is C18H22N2O4S. The number of hydrogen-bond donors (Lipinski definition) is 2. The highest BCUT2D eigenvalue weighted by atomic mass is 32.2. The Morgan fingerprint density at radius 3 is 2.64 bits per heavy atom. The molecule has 0 unspecified atom stereocenters. The minimum Gasteiger partial charge on any atom is -0.468 e. The molecule has 1 saturated carbocycles. The van der Waals surface area contributed by atoms with Crippen LogP contribution in [-0.4, -0.2) is 20.4 Å². The third-order valence-electron chi connectivity index (χ3n) is 4.36. The van der Waals surface area contributed by atoms with Gasteiger partial charge in [0.15, 0.2) is 0 Å². The molecule has 1 aromatic carbocycles. The first-order valence-corrected chi connectivity index (χ1v) is 9.96. The predicted molar refractivity (Wildman–Crippen MR) is 93.5 cm³/mol. The Morgan fingerprint density at radius 1 is 1.12 bits per heavy atom. The summed E-state index contributed by atoms with van der Waals surface area (Å²) in [6.07, 6.45) is 6.90. The zero-order chi connectivity index (χ0) is 17.7. The summed E-state index contributed by atoms with van der Waals surface area (Å²) < 4.78 is 32.4. The van der Waals surface area contributed by atoms with Crippen molar-refractivity contribution in [1.82, 2.24) is 10.0 Å². The summed E-state index contributed by atoms with van der Waals surface area (Å²) in [6.45, 7) is 0.0633. The molecular weight excluding hydrogens is 340 g/mol. The minimum absolute atomic E-state index is 0.0633. The summed E-state index contributed by atoms with van der Waals surface area (Å²) in [6, 6.07) is 9.65. The van der Waals surface area contributed by atoms with E-state index in [9.17, 15) is 13.2 Å². The van der Waals surface area contributed by atoms with E-state index in [2.05, 4.69) is 10.0 Å². The third-order valence-corrected chi connectivity index (χ3v) is 5.76. The summed E-state index contributed by atoms with van der Waals surface area (Å²) in [5, 5.41) is 3.00. The second kappa shape index (κ2) is 7.84. The molecule has 1 heterocycles. The molecule has 1 aliphatic rings. The van der Waals surface area contributed by atoms with Gasteiger partial charge in [0.05, 0.1) is 17.7 Å². The monoisotopic (exact) mass is 362 g/mol. The molecule has 1 fully saturated rings. The summed E-state index contributed by atoms with van der Waals surface area (Å²) in [5.74, 6) is 0.296. The first kappa shape index (κ1) is 17.7. The van der Waals surface area contributed by atoms with Crippen LogP contribution in [0.15, 0.2) is 52.0 Å². The predicted octanol–water partition coefficient (Wildman–Crippen LogP) is 2.82. The molecule has 7 heteroatoms. The topological polar surface area (TPSA) is 88.4 Å². The van der Waals surface area contributed by atoms with Gasteiger partial charge in [0.2, 0.25) is 10.0 Å². The quantitative estimate of drug-likeness (QED) is 0.827. The van der Waals surface area contributed by atoms with Crippen molar-refractivity contribution in [2.75, 3.05) is 0 Å². The molecule has 0 bridgehead atoms. The minimum atomic E-state index is -3.72. The van der Waals surface area contributed by atoms with Crippen molar-refractivity contribution in [2.24, 2.45) is 0 Å². The van der Waals surface area contributed by atoms with Crippen molar-refractivity contribution < 1.29 is 17.6 Å². The van der Waals surface area contributed by atoms with Gasteiger partial charge in [-0.05, 0) is 43.2 Å². The maximum absolute atomic E-state index is 12.4. The number of rotatable bonds is 6. The average Bonchev–Trinajstić information content (AvgIpc) is 3.15. The lowest BCUT2D eigenvalue weighted by Gasteiger charge is -2.22. The Labute approximate surface area is 147 Å². The normalized spacial score (nSPS) is 15.8. The molecule has 2 aromatic rings. The van der Waals surface area contributed by atoms with E-state index in [1.54, 1.807) is 24.3 Å². The zero-order valence-electron chi connectivity index (χ0n) is 13.9.